The van der Waals surface area contributed by atoms with Crippen LogP contribution in [0.3, 0.4) is 0 Å². The van der Waals surface area contributed by atoms with Crippen molar-refractivity contribution in [3.8, 4) is 0 Å². The Morgan fingerprint density at radius 1 is 1.29 bits per heavy atom. The SMILES string of the molecule is CCCN1CCCC(CN)C1c1cccc2cccnc12. The molecule has 3 rings (SSSR count). The van der Waals surface area contributed by atoms with Crippen molar-refractivity contribution < 1.29 is 0 Å². The molecule has 2 N–H and O–H groups in total. The molecule has 2 aromatic rings. The molecule has 0 aliphatic carbocycles. The van der Waals surface area contributed by atoms with E-state index < -0.39 is 0 Å². The molecule has 3 nitrogen and oxygen atoms in total. The zero-order chi connectivity index (χ0) is 14.7. The van der Waals surface area contributed by atoms with E-state index in [1.165, 1.54) is 36.8 Å². The van der Waals surface area contributed by atoms with Crippen LogP contribution >= 0.6 is 0 Å². The van der Waals surface area contributed by atoms with Crippen LogP contribution in [-0.2, 0) is 0 Å². The first-order chi connectivity index (χ1) is 10.3. The molecule has 2 heterocycles. The summed E-state index contributed by atoms with van der Waals surface area (Å²) in [5, 5.41) is 1.23. The molecule has 0 amide bonds. The largest absolute Gasteiger partial charge is 0.330 e. The molecule has 1 saturated heterocycles. The minimum absolute atomic E-state index is 0.419. The molecule has 3 heteroatoms. The molecule has 0 bridgehead atoms. The second kappa shape index (κ2) is 6.54. The molecule has 2 unspecified atom stereocenters. The van der Waals surface area contributed by atoms with Crippen molar-refractivity contribution in [1.82, 2.24) is 9.88 Å². The van der Waals surface area contributed by atoms with Gasteiger partial charge >= 0.3 is 0 Å². The number of nitrogens with zero attached hydrogens (tertiary/aromatic N) is 2. The molecule has 1 aliphatic rings. The van der Waals surface area contributed by atoms with Gasteiger partial charge in [0.15, 0.2) is 0 Å². The lowest BCUT2D eigenvalue weighted by atomic mass is 9.83. The van der Waals surface area contributed by atoms with Crippen molar-refractivity contribution in [2.75, 3.05) is 19.6 Å². The molecule has 1 aromatic heterocycles. The van der Waals surface area contributed by atoms with Crippen LogP contribution in [0.2, 0.25) is 0 Å². The quantitative estimate of drug-likeness (QED) is 0.935. The van der Waals surface area contributed by atoms with E-state index in [-0.39, 0.29) is 0 Å². The summed E-state index contributed by atoms with van der Waals surface area (Å²) in [5.41, 5.74) is 8.59. The highest BCUT2D eigenvalue weighted by Crippen LogP contribution is 2.38. The number of hydrogen-bond acceptors (Lipinski definition) is 3. The highest BCUT2D eigenvalue weighted by Gasteiger charge is 2.32. The zero-order valence-electron chi connectivity index (χ0n) is 12.8. The maximum Gasteiger partial charge on any atom is 0.0749 e. The van der Waals surface area contributed by atoms with Gasteiger partial charge in [-0.15, -0.1) is 0 Å². The van der Waals surface area contributed by atoms with Crippen LogP contribution in [0.4, 0.5) is 0 Å². The molecular weight excluding hydrogens is 258 g/mol. The van der Waals surface area contributed by atoms with Crippen LogP contribution in [-0.4, -0.2) is 29.5 Å². The van der Waals surface area contributed by atoms with Gasteiger partial charge in [-0.1, -0.05) is 31.2 Å². The lowest BCUT2D eigenvalue weighted by molar-refractivity contribution is 0.0969. The summed E-state index contributed by atoms with van der Waals surface area (Å²) in [6.07, 6.45) is 5.57. The van der Waals surface area contributed by atoms with E-state index in [1.54, 1.807) is 0 Å². The van der Waals surface area contributed by atoms with Gasteiger partial charge in [0.2, 0.25) is 0 Å². The first kappa shape index (κ1) is 14.5. The van der Waals surface area contributed by atoms with Crippen molar-refractivity contribution in [2.45, 2.75) is 32.2 Å². The van der Waals surface area contributed by atoms with Gasteiger partial charge in [0.05, 0.1) is 5.52 Å². The van der Waals surface area contributed by atoms with Gasteiger partial charge in [0.1, 0.15) is 0 Å². The van der Waals surface area contributed by atoms with Gasteiger partial charge in [-0.25, -0.2) is 0 Å². The van der Waals surface area contributed by atoms with Crippen molar-refractivity contribution in [1.29, 1.82) is 0 Å². The Labute approximate surface area is 127 Å². The molecule has 0 saturated carbocycles. The van der Waals surface area contributed by atoms with Gasteiger partial charge in [0.25, 0.3) is 0 Å². The average molecular weight is 283 g/mol. The Morgan fingerprint density at radius 3 is 2.95 bits per heavy atom. The van der Waals surface area contributed by atoms with Crippen molar-refractivity contribution in [2.24, 2.45) is 11.7 Å². The number of rotatable bonds is 4. The second-order valence-corrected chi connectivity index (χ2v) is 6.04. The number of hydrogen-bond donors (Lipinski definition) is 1. The first-order valence-electron chi connectivity index (χ1n) is 8.13. The van der Waals surface area contributed by atoms with Crippen LogP contribution in [0.5, 0.6) is 0 Å². The minimum Gasteiger partial charge on any atom is -0.330 e. The predicted octanol–water partition coefficient (Wildman–Crippen LogP) is 3.36. The number of fused-ring (bicyclic) bond motifs is 1. The van der Waals surface area contributed by atoms with E-state index >= 15 is 0 Å². The Kier molecular flexibility index (Phi) is 4.51. The average Bonchev–Trinajstić information content (AvgIpc) is 2.54. The zero-order valence-corrected chi connectivity index (χ0v) is 12.8. The summed E-state index contributed by atoms with van der Waals surface area (Å²) < 4.78 is 0. The van der Waals surface area contributed by atoms with Crippen LogP contribution in [0, 0.1) is 5.92 Å². The maximum absolute atomic E-state index is 6.09. The van der Waals surface area contributed by atoms with Gasteiger partial charge in [-0.05, 0) is 56.4 Å². The number of likely N-dealkylation sites (tertiary alicyclic amines) is 1. The number of nitrogens with two attached hydrogens (primary N) is 1. The monoisotopic (exact) mass is 283 g/mol. The summed E-state index contributed by atoms with van der Waals surface area (Å²) in [6, 6.07) is 11.1. The highest BCUT2D eigenvalue weighted by atomic mass is 15.2. The van der Waals surface area contributed by atoms with Crippen molar-refractivity contribution in [3.63, 3.8) is 0 Å². The maximum atomic E-state index is 6.09. The van der Waals surface area contributed by atoms with Crippen LogP contribution in [0.15, 0.2) is 36.5 Å². The standard InChI is InChI=1S/C18H25N3/c1-2-11-21-12-5-8-15(13-19)18(21)16-9-3-6-14-7-4-10-20-17(14)16/h3-4,6-7,9-10,15,18H,2,5,8,11-13,19H2,1H3. The number of aromatic nitrogens is 1. The second-order valence-electron chi connectivity index (χ2n) is 6.04. The third-order valence-electron chi connectivity index (χ3n) is 4.66. The normalized spacial score (nSPS) is 23.5. The van der Waals surface area contributed by atoms with E-state index in [0.717, 1.165) is 18.6 Å². The molecule has 1 aromatic carbocycles. The Bertz CT molecular complexity index is 589. The van der Waals surface area contributed by atoms with E-state index in [2.05, 4.69) is 41.1 Å². The fraction of sp³-hybridized carbons (Fsp3) is 0.500. The van der Waals surface area contributed by atoms with Gasteiger partial charge in [-0.3, -0.25) is 9.88 Å². The molecule has 112 valence electrons. The number of pyridine rings is 1. The molecule has 0 spiro atoms. The van der Waals surface area contributed by atoms with Crippen molar-refractivity contribution in [3.05, 3.63) is 42.1 Å². The van der Waals surface area contributed by atoms with Gasteiger partial charge in [-0.2, -0.15) is 0 Å². The van der Waals surface area contributed by atoms with Crippen LogP contribution in [0.1, 0.15) is 37.8 Å². The lowest BCUT2D eigenvalue weighted by Gasteiger charge is -2.41. The van der Waals surface area contributed by atoms with Gasteiger partial charge in [0, 0.05) is 17.6 Å². The summed E-state index contributed by atoms with van der Waals surface area (Å²) >= 11 is 0. The Balaban J connectivity index is 2.07. The number of para-hydroxylation sites is 1. The van der Waals surface area contributed by atoms with E-state index in [1.807, 2.05) is 12.3 Å². The van der Waals surface area contributed by atoms with E-state index in [4.69, 9.17) is 5.73 Å². The summed E-state index contributed by atoms with van der Waals surface area (Å²) in [5.74, 6) is 0.540. The fourth-order valence-corrected chi connectivity index (χ4v) is 3.75. The molecular formula is C18H25N3. The third kappa shape index (κ3) is 2.81. The number of benzene rings is 1. The summed E-state index contributed by atoms with van der Waals surface area (Å²) in [6.45, 7) is 5.33. The topological polar surface area (TPSA) is 42.1 Å². The van der Waals surface area contributed by atoms with Gasteiger partial charge < -0.3 is 5.73 Å². The minimum atomic E-state index is 0.419. The highest BCUT2D eigenvalue weighted by molar-refractivity contribution is 5.82. The van der Waals surface area contributed by atoms with Crippen LogP contribution < -0.4 is 5.73 Å². The van der Waals surface area contributed by atoms with E-state index in [9.17, 15) is 0 Å². The Hall–Kier alpha value is -1.45. The molecule has 0 radical (unpaired) electrons. The lowest BCUT2D eigenvalue weighted by Crippen LogP contribution is -2.42. The summed E-state index contributed by atoms with van der Waals surface area (Å²) in [4.78, 5) is 7.27. The fourth-order valence-electron chi connectivity index (χ4n) is 3.75. The molecule has 2 atom stereocenters. The number of piperidine rings is 1. The Morgan fingerprint density at radius 2 is 2.14 bits per heavy atom. The molecule has 21 heavy (non-hydrogen) atoms. The van der Waals surface area contributed by atoms with Crippen molar-refractivity contribution >= 4 is 10.9 Å². The van der Waals surface area contributed by atoms with Crippen LogP contribution in [0.25, 0.3) is 10.9 Å². The predicted molar refractivity (Wildman–Crippen MR) is 88.1 cm³/mol. The smallest absolute Gasteiger partial charge is 0.0749 e. The molecule has 1 fully saturated rings. The van der Waals surface area contributed by atoms with E-state index in [0.29, 0.717) is 12.0 Å². The summed E-state index contributed by atoms with van der Waals surface area (Å²) in [7, 11) is 0. The third-order valence-corrected chi connectivity index (χ3v) is 4.66. The molecule has 1 aliphatic heterocycles. The first-order valence-corrected chi connectivity index (χ1v) is 8.13.